The Hall–Kier alpha value is -1.62. The zero-order chi connectivity index (χ0) is 13.8. The van der Waals surface area contributed by atoms with E-state index in [9.17, 15) is 10.1 Å². The van der Waals surface area contributed by atoms with E-state index >= 15 is 0 Å². The third-order valence-corrected chi connectivity index (χ3v) is 2.86. The van der Waals surface area contributed by atoms with Crippen molar-refractivity contribution in [2.45, 2.75) is 27.2 Å². The van der Waals surface area contributed by atoms with Gasteiger partial charge in [-0.2, -0.15) is 0 Å². The molecule has 0 unspecified atom stereocenters. The fourth-order valence-corrected chi connectivity index (χ4v) is 1.54. The van der Waals surface area contributed by atoms with Crippen LogP contribution in [0.5, 0.6) is 0 Å². The van der Waals surface area contributed by atoms with Crippen molar-refractivity contribution in [1.29, 1.82) is 0 Å². The summed E-state index contributed by atoms with van der Waals surface area (Å²) in [5.74, 6) is 0. The van der Waals surface area contributed by atoms with Crippen LogP contribution in [0.25, 0.3) is 0 Å². The van der Waals surface area contributed by atoms with Gasteiger partial charge in [-0.15, -0.1) is 0 Å². The van der Waals surface area contributed by atoms with Crippen molar-refractivity contribution in [2.24, 2.45) is 5.41 Å². The van der Waals surface area contributed by atoms with E-state index in [4.69, 9.17) is 5.11 Å². The smallest absolute Gasteiger partial charge is 0.274 e. The second kappa shape index (κ2) is 5.82. The van der Waals surface area contributed by atoms with Crippen LogP contribution in [0.1, 0.15) is 26.3 Å². The van der Waals surface area contributed by atoms with Gasteiger partial charge in [0.15, 0.2) is 0 Å². The van der Waals surface area contributed by atoms with Crippen molar-refractivity contribution in [2.75, 3.05) is 18.5 Å². The lowest BCUT2D eigenvalue weighted by atomic mass is 9.95. The predicted octanol–water partition coefficient (Wildman–Crippen LogP) is 2.59. The number of anilines is 1. The summed E-state index contributed by atoms with van der Waals surface area (Å²) in [6.07, 6.45) is 0.638. The van der Waals surface area contributed by atoms with Crippen LogP contribution in [0.2, 0.25) is 0 Å². The fourth-order valence-electron chi connectivity index (χ4n) is 1.54. The average molecular weight is 252 g/mol. The molecule has 0 aliphatic rings. The molecular formula is C13H20N2O3. The van der Waals surface area contributed by atoms with E-state index in [-0.39, 0.29) is 22.6 Å². The van der Waals surface area contributed by atoms with Gasteiger partial charge in [0.05, 0.1) is 4.92 Å². The summed E-state index contributed by atoms with van der Waals surface area (Å²) in [7, 11) is 0. The molecule has 0 aromatic heterocycles. The maximum absolute atomic E-state index is 10.9. The Morgan fingerprint density at radius 3 is 2.61 bits per heavy atom. The standard InChI is InChI=1S/C13H20N2O3/c1-4-10-5-6-11(7-12(10)15(17)18)14-8-13(2,3)9-16/h5-7,14,16H,4,8-9H2,1-3H3. The minimum Gasteiger partial charge on any atom is -0.396 e. The number of nitrogens with zero attached hydrogens (tertiary/aromatic N) is 1. The predicted molar refractivity (Wildman–Crippen MR) is 71.8 cm³/mol. The van der Waals surface area contributed by atoms with Crippen LogP contribution in [0.15, 0.2) is 18.2 Å². The summed E-state index contributed by atoms with van der Waals surface area (Å²) in [5.41, 5.74) is 1.33. The minimum atomic E-state index is -0.360. The van der Waals surface area contributed by atoms with Crippen LogP contribution >= 0.6 is 0 Å². The van der Waals surface area contributed by atoms with Gasteiger partial charge < -0.3 is 10.4 Å². The molecule has 1 aromatic carbocycles. The SMILES string of the molecule is CCc1ccc(NCC(C)(C)CO)cc1[N+](=O)[O-]. The molecule has 1 aromatic rings. The molecule has 0 atom stereocenters. The molecule has 100 valence electrons. The summed E-state index contributed by atoms with van der Waals surface area (Å²) in [5, 5.41) is 23.2. The first kappa shape index (κ1) is 14.4. The van der Waals surface area contributed by atoms with Gasteiger partial charge in [-0.05, 0) is 12.5 Å². The topological polar surface area (TPSA) is 75.4 Å². The molecule has 0 amide bonds. The van der Waals surface area contributed by atoms with E-state index in [2.05, 4.69) is 5.32 Å². The highest BCUT2D eigenvalue weighted by molar-refractivity contribution is 5.55. The summed E-state index contributed by atoms with van der Waals surface area (Å²) < 4.78 is 0. The van der Waals surface area contributed by atoms with Crippen molar-refractivity contribution in [3.8, 4) is 0 Å². The van der Waals surface area contributed by atoms with Crippen LogP contribution < -0.4 is 5.32 Å². The molecule has 5 nitrogen and oxygen atoms in total. The van der Waals surface area contributed by atoms with Gasteiger partial charge >= 0.3 is 0 Å². The van der Waals surface area contributed by atoms with E-state index in [1.165, 1.54) is 0 Å². The van der Waals surface area contributed by atoms with Crippen LogP contribution in [0.3, 0.4) is 0 Å². The molecule has 18 heavy (non-hydrogen) atoms. The number of aryl methyl sites for hydroxylation is 1. The second-order valence-electron chi connectivity index (χ2n) is 5.13. The molecule has 0 bridgehead atoms. The third-order valence-electron chi connectivity index (χ3n) is 2.86. The largest absolute Gasteiger partial charge is 0.396 e. The Morgan fingerprint density at radius 1 is 1.44 bits per heavy atom. The number of nitrogens with one attached hydrogen (secondary N) is 1. The normalized spacial score (nSPS) is 11.3. The Morgan fingerprint density at radius 2 is 2.11 bits per heavy atom. The summed E-state index contributed by atoms with van der Waals surface area (Å²) in [6, 6.07) is 5.15. The van der Waals surface area contributed by atoms with Gasteiger partial charge in [-0.1, -0.05) is 26.8 Å². The number of nitro groups is 1. The highest BCUT2D eigenvalue weighted by Gasteiger charge is 2.17. The van der Waals surface area contributed by atoms with Crippen molar-refractivity contribution in [1.82, 2.24) is 0 Å². The number of aliphatic hydroxyl groups is 1. The third kappa shape index (κ3) is 3.70. The Labute approximate surface area is 107 Å². The lowest BCUT2D eigenvalue weighted by Crippen LogP contribution is -2.26. The van der Waals surface area contributed by atoms with E-state index in [1.807, 2.05) is 26.8 Å². The Bertz CT molecular complexity index is 430. The number of aliphatic hydroxyl groups excluding tert-OH is 1. The van der Waals surface area contributed by atoms with Crippen molar-refractivity contribution >= 4 is 11.4 Å². The quantitative estimate of drug-likeness (QED) is 0.602. The summed E-state index contributed by atoms with van der Waals surface area (Å²) in [4.78, 5) is 10.6. The fraction of sp³-hybridized carbons (Fsp3) is 0.538. The number of nitro benzene ring substituents is 1. The van der Waals surface area contributed by atoms with Gasteiger partial charge in [0.2, 0.25) is 0 Å². The molecule has 0 spiro atoms. The van der Waals surface area contributed by atoms with Crippen molar-refractivity contribution in [3.63, 3.8) is 0 Å². The first-order valence-electron chi connectivity index (χ1n) is 6.01. The minimum absolute atomic E-state index is 0.0646. The van der Waals surface area contributed by atoms with Crippen LogP contribution in [-0.2, 0) is 6.42 Å². The maximum Gasteiger partial charge on any atom is 0.274 e. The zero-order valence-electron chi connectivity index (χ0n) is 11.1. The Balaban J connectivity index is 2.86. The molecule has 0 saturated heterocycles. The molecule has 0 radical (unpaired) electrons. The van der Waals surface area contributed by atoms with Crippen LogP contribution in [-0.4, -0.2) is 23.2 Å². The lowest BCUT2D eigenvalue weighted by molar-refractivity contribution is -0.385. The molecule has 0 aliphatic heterocycles. The maximum atomic E-state index is 10.9. The molecule has 0 saturated carbocycles. The summed E-state index contributed by atoms with van der Waals surface area (Å²) >= 11 is 0. The first-order valence-corrected chi connectivity index (χ1v) is 6.01. The summed E-state index contributed by atoms with van der Waals surface area (Å²) in [6.45, 7) is 6.37. The molecule has 0 heterocycles. The highest BCUT2D eigenvalue weighted by Crippen LogP contribution is 2.24. The van der Waals surface area contributed by atoms with E-state index in [1.54, 1.807) is 12.1 Å². The molecule has 2 N–H and O–H groups in total. The molecule has 0 fully saturated rings. The number of hydrogen-bond donors (Lipinski definition) is 2. The lowest BCUT2D eigenvalue weighted by Gasteiger charge is -2.22. The van der Waals surface area contributed by atoms with Crippen molar-refractivity contribution in [3.05, 3.63) is 33.9 Å². The van der Waals surface area contributed by atoms with Gasteiger partial charge in [-0.3, -0.25) is 10.1 Å². The number of rotatable bonds is 6. The van der Waals surface area contributed by atoms with Gasteiger partial charge in [0.1, 0.15) is 0 Å². The molecule has 1 rings (SSSR count). The van der Waals surface area contributed by atoms with Gasteiger partial charge in [-0.25, -0.2) is 0 Å². The van der Waals surface area contributed by atoms with Gasteiger partial charge in [0.25, 0.3) is 5.69 Å². The average Bonchev–Trinajstić information content (AvgIpc) is 2.36. The van der Waals surface area contributed by atoms with Crippen LogP contribution in [0, 0.1) is 15.5 Å². The highest BCUT2D eigenvalue weighted by atomic mass is 16.6. The number of hydrogen-bond acceptors (Lipinski definition) is 4. The zero-order valence-corrected chi connectivity index (χ0v) is 11.1. The first-order chi connectivity index (χ1) is 8.39. The molecule has 5 heteroatoms. The van der Waals surface area contributed by atoms with Crippen molar-refractivity contribution < 1.29 is 10.0 Å². The monoisotopic (exact) mass is 252 g/mol. The number of benzene rings is 1. The van der Waals surface area contributed by atoms with E-state index in [0.717, 1.165) is 5.56 Å². The van der Waals surface area contributed by atoms with Crippen LogP contribution in [0.4, 0.5) is 11.4 Å². The molecule has 0 aliphatic carbocycles. The van der Waals surface area contributed by atoms with Gasteiger partial charge in [0, 0.05) is 35.9 Å². The molecular weight excluding hydrogens is 232 g/mol. The Kier molecular flexibility index (Phi) is 4.67. The van der Waals surface area contributed by atoms with E-state index in [0.29, 0.717) is 18.7 Å². The van der Waals surface area contributed by atoms with E-state index < -0.39 is 0 Å². The second-order valence-corrected chi connectivity index (χ2v) is 5.13.